The average molecular weight is 454 g/mol. The number of rotatable bonds is 3. The second kappa shape index (κ2) is 9.43. The van der Waals surface area contributed by atoms with Crippen LogP contribution < -0.4 is 5.84 Å². The number of pyridine rings is 1. The van der Waals surface area contributed by atoms with E-state index in [1.54, 1.807) is 35.9 Å². The largest absolute Gasteiger partial charge is 0.445 e. The molecule has 8 nitrogen and oxygen atoms in total. The predicted molar refractivity (Wildman–Crippen MR) is 129 cm³/mol. The van der Waals surface area contributed by atoms with Crippen molar-refractivity contribution in [1.82, 2.24) is 9.88 Å². The summed E-state index contributed by atoms with van der Waals surface area (Å²) in [5.74, 6) is 13.6. The van der Waals surface area contributed by atoms with Crippen LogP contribution in [0.15, 0.2) is 88.6 Å². The summed E-state index contributed by atoms with van der Waals surface area (Å²) < 4.78 is 5.40. The quantitative estimate of drug-likeness (QED) is 0.438. The number of carbonyl (C=O) groups is 1. The van der Waals surface area contributed by atoms with E-state index in [1.165, 1.54) is 0 Å². The molecule has 1 aromatic carbocycles. The van der Waals surface area contributed by atoms with Crippen LogP contribution in [0.4, 0.5) is 4.79 Å². The van der Waals surface area contributed by atoms with E-state index in [0.29, 0.717) is 18.9 Å². The number of hydrogen-bond donors (Lipinski definition) is 1. The van der Waals surface area contributed by atoms with Crippen molar-refractivity contribution >= 4 is 18.1 Å². The molecule has 2 aromatic rings. The van der Waals surface area contributed by atoms with Gasteiger partial charge in [0.05, 0.1) is 12.4 Å². The molecule has 0 aliphatic carbocycles. The first kappa shape index (κ1) is 21.8. The molecular formula is C26H25N6O2+. The Hall–Kier alpha value is -4.06. The lowest BCUT2D eigenvalue weighted by Gasteiger charge is -2.31. The first-order valence-electron chi connectivity index (χ1n) is 11.2. The first-order valence-corrected chi connectivity index (χ1v) is 11.2. The molecule has 1 fully saturated rings. The zero-order valence-electron chi connectivity index (χ0n) is 18.7. The van der Waals surface area contributed by atoms with Gasteiger partial charge in [-0.3, -0.25) is 9.98 Å². The van der Waals surface area contributed by atoms with Crippen LogP contribution in [0, 0.1) is 17.8 Å². The Morgan fingerprint density at radius 1 is 1.15 bits per heavy atom. The van der Waals surface area contributed by atoms with Gasteiger partial charge in [0.25, 0.3) is 0 Å². The lowest BCUT2D eigenvalue weighted by molar-refractivity contribution is -0.749. The van der Waals surface area contributed by atoms with Gasteiger partial charge in [-0.1, -0.05) is 36.3 Å². The number of nitrogens with two attached hydrogens (primary N) is 1. The van der Waals surface area contributed by atoms with Crippen molar-refractivity contribution in [3.63, 3.8) is 0 Å². The van der Waals surface area contributed by atoms with Gasteiger partial charge >= 0.3 is 11.9 Å². The minimum Gasteiger partial charge on any atom is -0.445 e. The van der Waals surface area contributed by atoms with E-state index in [-0.39, 0.29) is 23.2 Å². The molecule has 170 valence electrons. The summed E-state index contributed by atoms with van der Waals surface area (Å²) in [6.45, 7) is 1.46. The summed E-state index contributed by atoms with van der Waals surface area (Å²) in [5, 5.41) is 0. The molecular weight excluding hydrogens is 428 g/mol. The van der Waals surface area contributed by atoms with Gasteiger partial charge in [-0.15, -0.1) is 4.59 Å². The molecule has 1 aromatic heterocycles. The van der Waals surface area contributed by atoms with Crippen molar-refractivity contribution in [2.45, 2.75) is 19.4 Å². The smallest absolute Gasteiger partial charge is 0.410 e. The highest BCUT2D eigenvalue weighted by atomic mass is 16.6. The number of aliphatic imine (C=N–C) groups is 2. The number of nitrogens with zero attached hydrogens (tertiary/aromatic N) is 5. The summed E-state index contributed by atoms with van der Waals surface area (Å²) in [6, 6.07) is 13.4. The fourth-order valence-electron chi connectivity index (χ4n) is 4.26. The van der Waals surface area contributed by atoms with Crippen LogP contribution in [0.3, 0.4) is 0 Å². The molecule has 1 amide bonds. The van der Waals surface area contributed by atoms with Crippen LogP contribution in [0.25, 0.3) is 0 Å². The van der Waals surface area contributed by atoms with E-state index in [2.05, 4.69) is 21.8 Å². The fraction of sp³-hybridized carbons (Fsp3) is 0.231. The Morgan fingerprint density at radius 2 is 1.97 bits per heavy atom. The van der Waals surface area contributed by atoms with Gasteiger partial charge in [0.1, 0.15) is 18.5 Å². The number of aromatic nitrogens is 1. The lowest BCUT2D eigenvalue weighted by atomic mass is 9.92. The summed E-state index contributed by atoms with van der Waals surface area (Å²) in [7, 11) is 0. The second-order valence-corrected chi connectivity index (χ2v) is 8.35. The monoisotopic (exact) mass is 453 g/mol. The Morgan fingerprint density at radius 3 is 2.74 bits per heavy atom. The van der Waals surface area contributed by atoms with E-state index in [9.17, 15) is 4.79 Å². The molecule has 1 unspecified atom stereocenters. The highest BCUT2D eigenvalue weighted by molar-refractivity contribution is 6.00. The Labute approximate surface area is 198 Å². The molecule has 34 heavy (non-hydrogen) atoms. The van der Waals surface area contributed by atoms with Gasteiger partial charge in [-0.05, 0) is 30.5 Å². The maximum atomic E-state index is 12.5. The van der Waals surface area contributed by atoms with Crippen molar-refractivity contribution < 1.29 is 14.1 Å². The second-order valence-electron chi connectivity index (χ2n) is 8.35. The number of fused-ring (bicyclic) bond motifs is 1. The van der Waals surface area contributed by atoms with Crippen LogP contribution in [0.1, 0.15) is 24.0 Å². The average Bonchev–Trinajstić information content (AvgIpc) is 3.19. The number of carbonyl (C=O) groups excluding carboxylic acids is 1. The highest BCUT2D eigenvalue weighted by Crippen LogP contribution is 2.36. The molecule has 0 bridgehead atoms. The first-order chi connectivity index (χ1) is 16.6. The van der Waals surface area contributed by atoms with Crippen molar-refractivity contribution in [2.75, 3.05) is 13.1 Å². The number of allylic oxidation sites excluding steroid dienone is 2. The minimum atomic E-state index is -0.288. The summed E-state index contributed by atoms with van der Waals surface area (Å²) in [4.78, 5) is 27.5. The third kappa shape index (κ3) is 4.39. The van der Waals surface area contributed by atoms with E-state index in [1.807, 2.05) is 42.5 Å². The predicted octanol–water partition coefficient (Wildman–Crippen LogP) is 3.35. The van der Waals surface area contributed by atoms with Crippen LogP contribution in [-0.4, -0.2) is 45.7 Å². The van der Waals surface area contributed by atoms with Crippen molar-refractivity contribution in [3.05, 3.63) is 89.8 Å². The Bertz CT molecular complexity index is 1250. The number of ether oxygens (including phenoxy) is 1. The maximum absolute atomic E-state index is 12.5. The molecule has 4 heterocycles. The molecule has 0 radical (unpaired) electrons. The molecule has 3 aliphatic heterocycles. The summed E-state index contributed by atoms with van der Waals surface area (Å²) in [5.41, 5.74) is 3.48. The van der Waals surface area contributed by atoms with E-state index < -0.39 is 0 Å². The zero-order chi connectivity index (χ0) is 23.4. The van der Waals surface area contributed by atoms with E-state index >= 15 is 0 Å². The SMILES string of the molecule is N[N+]12C=CN=CC1=C(C1CCN(C(=O)OCc3ccccc3)CC1)N=C2C#Cc1cccnc1. The molecule has 1 saturated heterocycles. The molecule has 8 heteroatoms. The number of amidine groups is 1. The van der Waals surface area contributed by atoms with Gasteiger partial charge in [-0.2, -0.15) is 10.8 Å². The highest BCUT2D eigenvalue weighted by Gasteiger charge is 2.45. The molecule has 3 aliphatic rings. The molecule has 0 spiro atoms. The van der Waals surface area contributed by atoms with Gasteiger partial charge in [0.2, 0.25) is 5.70 Å². The minimum absolute atomic E-state index is 0.0918. The Kier molecular flexibility index (Phi) is 6.04. The number of benzene rings is 1. The van der Waals surface area contributed by atoms with E-state index in [4.69, 9.17) is 15.6 Å². The van der Waals surface area contributed by atoms with Crippen LogP contribution in [0.2, 0.25) is 0 Å². The van der Waals surface area contributed by atoms with Gasteiger partial charge in [0.15, 0.2) is 0 Å². The topological polar surface area (TPSA) is 93.2 Å². The number of quaternary nitrogens is 1. The summed E-state index contributed by atoms with van der Waals surface area (Å²) in [6.07, 6.45) is 9.88. The van der Waals surface area contributed by atoms with Crippen molar-refractivity contribution in [1.29, 1.82) is 0 Å². The van der Waals surface area contributed by atoms with Gasteiger partial charge < -0.3 is 9.64 Å². The number of piperidine rings is 1. The standard InChI is InChI=1S/C26H25N6O2/c27-32-16-13-29-18-23(32)25(30-24(32)9-8-20-7-4-12-28-17-20)22-10-14-31(15-11-22)26(33)34-19-21-5-2-1-3-6-21/h1-7,12-13,16-18,22H,10-11,14-15,19,27H2/q+1. The van der Waals surface area contributed by atoms with Crippen LogP contribution >= 0.6 is 0 Å². The number of hydrogen-bond acceptors (Lipinski definition) is 6. The fourth-order valence-corrected chi connectivity index (χ4v) is 4.26. The van der Waals surface area contributed by atoms with E-state index in [0.717, 1.165) is 35.4 Å². The zero-order valence-corrected chi connectivity index (χ0v) is 18.7. The lowest BCUT2D eigenvalue weighted by Crippen LogP contribution is -2.52. The molecule has 5 rings (SSSR count). The molecule has 2 N–H and O–H groups in total. The maximum Gasteiger partial charge on any atom is 0.410 e. The van der Waals surface area contributed by atoms with Crippen LogP contribution in [-0.2, 0) is 11.3 Å². The number of likely N-dealkylation sites (tertiary alicyclic amines) is 1. The Balaban J connectivity index is 1.28. The third-order valence-corrected chi connectivity index (χ3v) is 6.15. The van der Waals surface area contributed by atoms with Crippen LogP contribution in [0.5, 0.6) is 0 Å². The van der Waals surface area contributed by atoms with Crippen molar-refractivity contribution in [3.8, 4) is 11.8 Å². The normalized spacial score (nSPS) is 21.6. The summed E-state index contributed by atoms with van der Waals surface area (Å²) >= 11 is 0. The number of amides is 1. The third-order valence-electron chi connectivity index (χ3n) is 6.15. The molecule has 0 saturated carbocycles. The molecule has 1 atom stereocenters. The van der Waals surface area contributed by atoms with Crippen molar-refractivity contribution in [2.24, 2.45) is 21.7 Å². The van der Waals surface area contributed by atoms with Gasteiger partial charge in [0, 0.05) is 42.9 Å². The van der Waals surface area contributed by atoms with Gasteiger partial charge in [-0.25, -0.2) is 4.79 Å².